The van der Waals surface area contributed by atoms with Crippen LogP contribution in [-0.4, -0.2) is 67.7 Å². The minimum Gasteiger partial charge on any atom is -0.354 e. The first-order chi connectivity index (χ1) is 15.2. The number of aromatic nitrogens is 6. The number of piperazine rings is 1. The highest BCUT2D eigenvalue weighted by Crippen LogP contribution is 2.32. The van der Waals surface area contributed by atoms with E-state index in [2.05, 4.69) is 66.1 Å². The van der Waals surface area contributed by atoms with E-state index >= 15 is 0 Å². The van der Waals surface area contributed by atoms with Crippen LogP contribution in [0.15, 0.2) is 61.4 Å². The molecule has 1 N–H and O–H groups in total. The highest BCUT2D eigenvalue weighted by atomic mass is 15.3. The van der Waals surface area contributed by atoms with E-state index in [1.54, 1.807) is 10.8 Å². The monoisotopic (exact) mass is 410 g/mol. The second-order valence-electron chi connectivity index (χ2n) is 7.99. The van der Waals surface area contributed by atoms with Crippen molar-refractivity contribution < 1.29 is 0 Å². The van der Waals surface area contributed by atoms with E-state index in [9.17, 15) is 0 Å². The molecule has 154 valence electrons. The van der Waals surface area contributed by atoms with Crippen molar-refractivity contribution in [3.05, 3.63) is 61.4 Å². The molecule has 0 aliphatic carbocycles. The van der Waals surface area contributed by atoms with Gasteiger partial charge in [0.15, 0.2) is 5.65 Å². The van der Waals surface area contributed by atoms with Crippen LogP contribution >= 0.6 is 0 Å². The van der Waals surface area contributed by atoms with Gasteiger partial charge in [-0.15, -0.1) is 0 Å². The highest BCUT2D eigenvalue weighted by Gasteiger charge is 2.16. The van der Waals surface area contributed by atoms with E-state index < -0.39 is 0 Å². The fraction of sp³-hybridized carbons (Fsp3) is 0.217. The third-order valence-corrected chi connectivity index (χ3v) is 6.03. The normalized spacial score (nSPS) is 15.2. The third-order valence-electron chi connectivity index (χ3n) is 6.03. The van der Waals surface area contributed by atoms with Crippen molar-refractivity contribution in [1.82, 2.24) is 34.4 Å². The zero-order valence-electron chi connectivity index (χ0n) is 17.2. The molecule has 31 heavy (non-hydrogen) atoms. The molecular weight excluding hydrogens is 388 g/mol. The standard InChI is InChI=1S/C23H22N8/c1-29-6-8-30(9-7-29)21-11-16(2-4-24-21)18-10-19-20(14-26-23(19)25-13-18)17-3-5-31-22(12-17)27-15-28-31/h2-5,10-15H,6-9H2,1H3,(H,25,26). The number of fused-ring (bicyclic) bond motifs is 2. The minimum atomic E-state index is 0.821. The number of aromatic amines is 1. The van der Waals surface area contributed by atoms with Gasteiger partial charge in [-0.3, -0.25) is 0 Å². The zero-order valence-corrected chi connectivity index (χ0v) is 17.2. The Morgan fingerprint density at radius 2 is 1.81 bits per heavy atom. The summed E-state index contributed by atoms with van der Waals surface area (Å²) in [5.74, 6) is 1.03. The maximum Gasteiger partial charge on any atom is 0.155 e. The average molecular weight is 410 g/mol. The van der Waals surface area contributed by atoms with Crippen molar-refractivity contribution in [1.29, 1.82) is 0 Å². The molecule has 0 unspecified atom stereocenters. The minimum absolute atomic E-state index is 0.821. The summed E-state index contributed by atoms with van der Waals surface area (Å²) in [5.41, 5.74) is 6.07. The van der Waals surface area contributed by atoms with Crippen LogP contribution in [0.25, 0.3) is 38.9 Å². The van der Waals surface area contributed by atoms with Gasteiger partial charge < -0.3 is 14.8 Å². The van der Waals surface area contributed by atoms with Crippen LogP contribution in [0, 0.1) is 0 Å². The zero-order chi connectivity index (χ0) is 20.8. The number of pyridine rings is 3. The SMILES string of the molecule is CN1CCN(c2cc(-c3cnc4[nH]cc(-c5ccn6ncnc6c5)c4c3)ccn2)CC1. The molecule has 1 aliphatic rings. The average Bonchev–Trinajstić information content (AvgIpc) is 3.45. The summed E-state index contributed by atoms with van der Waals surface area (Å²) in [7, 11) is 2.16. The summed E-state index contributed by atoms with van der Waals surface area (Å²) in [6, 6.07) is 10.5. The van der Waals surface area contributed by atoms with E-state index in [4.69, 9.17) is 0 Å². The predicted molar refractivity (Wildman–Crippen MR) is 121 cm³/mol. The van der Waals surface area contributed by atoms with Crippen molar-refractivity contribution in [2.24, 2.45) is 0 Å². The molecule has 0 amide bonds. The van der Waals surface area contributed by atoms with Gasteiger partial charge >= 0.3 is 0 Å². The predicted octanol–water partition coefficient (Wildman–Crippen LogP) is 3.09. The van der Waals surface area contributed by atoms with Crippen LogP contribution in [0.2, 0.25) is 0 Å². The highest BCUT2D eigenvalue weighted by molar-refractivity contribution is 5.96. The largest absolute Gasteiger partial charge is 0.354 e. The summed E-state index contributed by atoms with van der Waals surface area (Å²) < 4.78 is 1.76. The van der Waals surface area contributed by atoms with Crippen LogP contribution < -0.4 is 4.90 Å². The van der Waals surface area contributed by atoms with Gasteiger partial charge in [-0.25, -0.2) is 19.5 Å². The van der Waals surface area contributed by atoms with Crippen molar-refractivity contribution >= 4 is 22.5 Å². The molecule has 0 bridgehead atoms. The van der Waals surface area contributed by atoms with E-state index in [1.807, 2.05) is 30.9 Å². The number of rotatable bonds is 3. The van der Waals surface area contributed by atoms with Crippen LogP contribution in [0.3, 0.4) is 0 Å². The lowest BCUT2D eigenvalue weighted by Gasteiger charge is -2.33. The quantitative estimate of drug-likeness (QED) is 0.493. The lowest BCUT2D eigenvalue weighted by molar-refractivity contribution is 0.312. The van der Waals surface area contributed by atoms with E-state index in [0.717, 1.165) is 70.9 Å². The van der Waals surface area contributed by atoms with Gasteiger partial charge in [0.2, 0.25) is 0 Å². The molecule has 6 heterocycles. The smallest absolute Gasteiger partial charge is 0.155 e. The van der Waals surface area contributed by atoms with Crippen LogP contribution in [0.5, 0.6) is 0 Å². The molecule has 1 fully saturated rings. The molecule has 0 aromatic carbocycles. The maximum absolute atomic E-state index is 4.68. The third kappa shape index (κ3) is 3.21. The van der Waals surface area contributed by atoms with Gasteiger partial charge in [0.05, 0.1) is 0 Å². The number of hydrogen-bond donors (Lipinski definition) is 1. The molecule has 1 saturated heterocycles. The number of H-pyrrole nitrogens is 1. The summed E-state index contributed by atoms with van der Waals surface area (Å²) >= 11 is 0. The molecule has 8 heteroatoms. The van der Waals surface area contributed by atoms with Crippen LogP contribution in [0.1, 0.15) is 0 Å². The Hall–Kier alpha value is -3.78. The van der Waals surface area contributed by atoms with E-state index in [-0.39, 0.29) is 0 Å². The summed E-state index contributed by atoms with van der Waals surface area (Å²) in [6.07, 6.45) is 9.32. The van der Waals surface area contributed by atoms with E-state index in [0.29, 0.717) is 0 Å². The first kappa shape index (κ1) is 18.0. The Morgan fingerprint density at radius 3 is 2.71 bits per heavy atom. The molecule has 0 atom stereocenters. The lowest BCUT2D eigenvalue weighted by atomic mass is 10.0. The molecule has 0 saturated carbocycles. The Labute approximate surface area is 179 Å². The molecule has 6 rings (SSSR count). The fourth-order valence-electron chi connectivity index (χ4n) is 4.19. The first-order valence-corrected chi connectivity index (χ1v) is 10.4. The number of anilines is 1. The Bertz CT molecular complexity index is 1380. The number of nitrogens with one attached hydrogen (secondary N) is 1. The van der Waals surface area contributed by atoms with E-state index in [1.165, 1.54) is 0 Å². The summed E-state index contributed by atoms with van der Waals surface area (Å²) in [5, 5.41) is 5.26. The van der Waals surface area contributed by atoms with Crippen molar-refractivity contribution in [3.63, 3.8) is 0 Å². The number of hydrogen-bond acceptors (Lipinski definition) is 6. The summed E-state index contributed by atoms with van der Waals surface area (Å²) in [6.45, 7) is 4.11. The molecule has 8 nitrogen and oxygen atoms in total. The molecule has 1 aliphatic heterocycles. The van der Waals surface area contributed by atoms with Crippen molar-refractivity contribution in [2.45, 2.75) is 0 Å². The van der Waals surface area contributed by atoms with Crippen molar-refractivity contribution in [2.75, 3.05) is 38.1 Å². The van der Waals surface area contributed by atoms with Gasteiger partial charge in [0.25, 0.3) is 0 Å². The maximum atomic E-state index is 4.68. The van der Waals surface area contributed by atoms with Gasteiger partial charge in [-0.1, -0.05) is 0 Å². The topological polar surface area (TPSA) is 78.2 Å². The second kappa shape index (κ2) is 7.17. The number of nitrogens with zero attached hydrogens (tertiary/aromatic N) is 7. The number of likely N-dealkylation sites (N-methyl/N-ethyl adjacent to an activating group) is 1. The Kier molecular flexibility index (Phi) is 4.17. The Balaban J connectivity index is 1.39. The second-order valence-corrected chi connectivity index (χ2v) is 7.99. The van der Waals surface area contributed by atoms with Crippen LogP contribution in [0.4, 0.5) is 5.82 Å². The molecule has 0 spiro atoms. The summed E-state index contributed by atoms with van der Waals surface area (Å²) in [4.78, 5) is 21.6. The van der Waals surface area contributed by atoms with Crippen LogP contribution in [-0.2, 0) is 0 Å². The first-order valence-electron chi connectivity index (χ1n) is 10.4. The molecule has 5 aromatic heterocycles. The molecule has 0 radical (unpaired) electrons. The van der Waals surface area contributed by atoms with Gasteiger partial charge in [-0.05, 0) is 48.5 Å². The molecule has 5 aromatic rings. The lowest BCUT2D eigenvalue weighted by Crippen LogP contribution is -2.44. The fourth-order valence-corrected chi connectivity index (χ4v) is 4.19. The van der Waals surface area contributed by atoms with Crippen molar-refractivity contribution in [3.8, 4) is 22.3 Å². The van der Waals surface area contributed by atoms with Gasteiger partial charge in [0.1, 0.15) is 17.8 Å². The van der Waals surface area contributed by atoms with Gasteiger partial charge in [-0.2, -0.15) is 5.10 Å². The van der Waals surface area contributed by atoms with Gasteiger partial charge in [0, 0.05) is 67.5 Å². The Morgan fingerprint density at radius 1 is 0.903 bits per heavy atom. The molecular formula is C23H22N8.